The van der Waals surface area contributed by atoms with Gasteiger partial charge in [-0.25, -0.2) is 4.39 Å². The van der Waals surface area contributed by atoms with Gasteiger partial charge >= 0.3 is 0 Å². The van der Waals surface area contributed by atoms with Crippen molar-refractivity contribution in [1.82, 2.24) is 19.8 Å². The van der Waals surface area contributed by atoms with Gasteiger partial charge in [0.1, 0.15) is 11.6 Å². The van der Waals surface area contributed by atoms with E-state index in [2.05, 4.69) is 21.4 Å². The smallest absolute Gasteiger partial charge is 0.188 e. The van der Waals surface area contributed by atoms with E-state index in [9.17, 15) is 4.39 Å². The Labute approximate surface area is 126 Å². The topological polar surface area (TPSA) is 70.1 Å². The van der Waals surface area contributed by atoms with E-state index in [1.54, 1.807) is 30.3 Å². The highest BCUT2D eigenvalue weighted by molar-refractivity contribution is 5.60. The van der Waals surface area contributed by atoms with Gasteiger partial charge in [-0.1, -0.05) is 12.1 Å². The summed E-state index contributed by atoms with van der Waals surface area (Å²) in [4.78, 5) is 1.85. The first-order chi connectivity index (χ1) is 10.7. The van der Waals surface area contributed by atoms with Crippen molar-refractivity contribution in [2.45, 2.75) is 6.42 Å². The Morgan fingerprint density at radius 2 is 2.05 bits per heavy atom. The maximum absolute atomic E-state index is 14.0. The molecule has 2 aromatic heterocycles. The van der Waals surface area contributed by atoms with E-state index < -0.39 is 0 Å². The molecule has 0 aliphatic carbocycles. The first-order valence-electron chi connectivity index (χ1n) is 6.76. The van der Waals surface area contributed by atoms with Gasteiger partial charge in [-0.3, -0.25) is 0 Å². The number of anilines is 1. The second-order valence-electron chi connectivity index (χ2n) is 4.79. The zero-order valence-electron chi connectivity index (χ0n) is 11.9. The van der Waals surface area contributed by atoms with Crippen LogP contribution in [-0.4, -0.2) is 33.4 Å². The SMILES string of the molecule is CN(CCC#N)c1ccc2nnc(-c3ccccc3F)n2n1. The molecule has 0 spiro atoms. The van der Waals surface area contributed by atoms with Crippen molar-refractivity contribution >= 4 is 11.5 Å². The van der Waals surface area contributed by atoms with Gasteiger partial charge < -0.3 is 4.90 Å². The van der Waals surface area contributed by atoms with Crippen LogP contribution in [0.25, 0.3) is 17.0 Å². The second-order valence-corrected chi connectivity index (χ2v) is 4.79. The van der Waals surface area contributed by atoms with E-state index in [1.165, 1.54) is 10.6 Å². The third kappa shape index (κ3) is 2.46. The molecule has 3 aromatic rings. The predicted octanol–water partition coefficient (Wildman–Crippen LogP) is 2.28. The van der Waals surface area contributed by atoms with Gasteiger partial charge in [0, 0.05) is 13.6 Å². The molecular weight excluding hydrogens is 283 g/mol. The summed E-state index contributed by atoms with van der Waals surface area (Å²) >= 11 is 0. The number of nitrogens with zero attached hydrogens (tertiary/aromatic N) is 6. The molecule has 0 amide bonds. The van der Waals surface area contributed by atoms with Crippen molar-refractivity contribution in [1.29, 1.82) is 5.26 Å². The Bertz CT molecular complexity index is 851. The Morgan fingerprint density at radius 3 is 2.82 bits per heavy atom. The van der Waals surface area contributed by atoms with E-state index in [0.717, 1.165) is 0 Å². The lowest BCUT2D eigenvalue weighted by molar-refractivity contribution is 0.629. The Balaban J connectivity index is 2.06. The average molecular weight is 296 g/mol. The molecule has 0 fully saturated rings. The van der Waals surface area contributed by atoms with Gasteiger partial charge in [-0.05, 0) is 24.3 Å². The number of nitriles is 1. The average Bonchev–Trinajstić information content (AvgIpc) is 2.96. The van der Waals surface area contributed by atoms with Crippen molar-refractivity contribution in [3.05, 3.63) is 42.2 Å². The number of benzene rings is 1. The molecule has 22 heavy (non-hydrogen) atoms. The Kier molecular flexibility index (Phi) is 3.66. The minimum Gasteiger partial charge on any atom is -0.357 e. The maximum atomic E-state index is 14.0. The zero-order chi connectivity index (χ0) is 15.5. The molecule has 0 saturated carbocycles. The summed E-state index contributed by atoms with van der Waals surface area (Å²) in [5.74, 6) is 0.644. The molecule has 0 radical (unpaired) electrons. The first-order valence-corrected chi connectivity index (χ1v) is 6.76. The molecule has 110 valence electrons. The molecule has 1 aromatic carbocycles. The van der Waals surface area contributed by atoms with Gasteiger partial charge in [0.15, 0.2) is 11.5 Å². The molecule has 6 nitrogen and oxygen atoms in total. The van der Waals surface area contributed by atoms with Crippen LogP contribution in [0.2, 0.25) is 0 Å². The Morgan fingerprint density at radius 1 is 1.23 bits per heavy atom. The standard InChI is InChI=1S/C15H13FN6/c1-21(10-4-9-17)14-8-7-13-18-19-15(22(13)20-14)11-5-2-3-6-12(11)16/h2-3,5-8H,4,10H2,1H3. The van der Waals surface area contributed by atoms with E-state index >= 15 is 0 Å². The summed E-state index contributed by atoms with van der Waals surface area (Å²) in [6.07, 6.45) is 0.401. The molecule has 2 heterocycles. The van der Waals surface area contributed by atoms with Crippen LogP contribution >= 0.6 is 0 Å². The third-order valence-electron chi connectivity index (χ3n) is 3.31. The van der Waals surface area contributed by atoms with Crippen molar-refractivity contribution in [2.24, 2.45) is 0 Å². The highest BCUT2D eigenvalue weighted by Crippen LogP contribution is 2.21. The Hall–Kier alpha value is -3.01. The maximum Gasteiger partial charge on any atom is 0.188 e. The molecule has 0 atom stereocenters. The fourth-order valence-electron chi connectivity index (χ4n) is 2.13. The lowest BCUT2D eigenvalue weighted by Crippen LogP contribution is -2.20. The summed E-state index contributed by atoms with van der Waals surface area (Å²) in [5.41, 5.74) is 0.884. The van der Waals surface area contributed by atoms with E-state index in [-0.39, 0.29) is 5.82 Å². The molecule has 0 bridgehead atoms. The lowest BCUT2D eigenvalue weighted by atomic mass is 10.2. The monoisotopic (exact) mass is 296 g/mol. The first kappa shape index (κ1) is 13.9. The summed E-state index contributed by atoms with van der Waals surface area (Å²) in [7, 11) is 1.85. The number of hydrogen-bond acceptors (Lipinski definition) is 5. The fourth-order valence-corrected chi connectivity index (χ4v) is 2.13. The normalized spacial score (nSPS) is 10.6. The van der Waals surface area contributed by atoms with Crippen LogP contribution in [0.5, 0.6) is 0 Å². The van der Waals surface area contributed by atoms with Crippen LogP contribution < -0.4 is 4.90 Å². The predicted molar refractivity (Wildman–Crippen MR) is 79.7 cm³/mol. The molecule has 0 aliphatic heterocycles. The highest BCUT2D eigenvalue weighted by Gasteiger charge is 2.14. The van der Waals surface area contributed by atoms with Crippen molar-refractivity contribution in [3.8, 4) is 17.5 Å². The summed E-state index contributed by atoms with van der Waals surface area (Å²) in [6.45, 7) is 0.562. The van der Waals surface area contributed by atoms with Crippen LogP contribution in [-0.2, 0) is 0 Å². The number of hydrogen-bond donors (Lipinski definition) is 0. The minimum absolute atomic E-state index is 0.347. The van der Waals surface area contributed by atoms with Crippen LogP contribution in [0, 0.1) is 17.1 Å². The van der Waals surface area contributed by atoms with Crippen LogP contribution in [0.1, 0.15) is 6.42 Å². The van der Waals surface area contributed by atoms with Crippen LogP contribution in [0.15, 0.2) is 36.4 Å². The number of fused-ring (bicyclic) bond motifs is 1. The van der Waals surface area contributed by atoms with Crippen molar-refractivity contribution < 1.29 is 4.39 Å². The molecule has 0 unspecified atom stereocenters. The van der Waals surface area contributed by atoms with Crippen LogP contribution in [0.4, 0.5) is 10.2 Å². The van der Waals surface area contributed by atoms with Gasteiger partial charge in [0.25, 0.3) is 0 Å². The molecule has 0 saturated heterocycles. The molecule has 7 heteroatoms. The number of aromatic nitrogens is 4. The lowest BCUT2D eigenvalue weighted by Gasteiger charge is -2.16. The largest absolute Gasteiger partial charge is 0.357 e. The van der Waals surface area contributed by atoms with Gasteiger partial charge in [0.05, 0.1) is 18.1 Å². The van der Waals surface area contributed by atoms with E-state index in [1.807, 2.05) is 11.9 Å². The quantitative estimate of drug-likeness (QED) is 0.738. The van der Waals surface area contributed by atoms with E-state index in [0.29, 0.717) is 35.8 Å². The second kappa shape index (κ2) is 5.77. The third-order valence-corrected chi connectivity index (χ3v) is 3.31. The minimum atomic E-state index is -0.373. The van der Waals surface area contributed by atoms with Crippen molar-refractivity contribution in [2.75, 3.05) is 18.5 Å². The molecule has 0 N–H and O–H groups in total. The summed E-state index contributed by atoms with van der Waals surface area (Å²) in [5, 5.41) is 21.1. The van der Waals surface area contributed by atoms with Gasteiger partial charge in [-0.15, -0.1) is 15.3 Å². The summed E-state index contributed by atoms with van der Waals surface area (Å²) in [6, 6.07) is 12.0. The molecule has 0 aliphatic rings. The summed E-state index contributed by atoms with van der Waals surface area (Å²) < 4.78 is 15.5. The van der Waals surface area contributed by atoms with Crippen molar-refractivity contribution in [3.63, 3.8) is 0 Å². The number of rotatable bonds is 4. The van der Waals surface area contributed by atoms with Crippen LogP contribution in [0.3, 0.4) is 0 Å². The van der Waals surface area contributed by atoms with Gasteiger partial charge in [0.2, 0.25) is 0 Å². The molecular formula is C15H13FN6. The van der Waals surface area contributed by atoms with E-state index in [4.69, 9.17) is 5.26 Å². The molecule has 3 rings (SSSR count). The zero-order valence-corrected chi connectivity index (χ0v) is 11.9. The highest BCUT2D eigenvalue weighted by atomic mass is 19.1. The fraction of sp³-hybridized carbons (Fsp3) is 0.200. The number of halogens is 1. The van der Waals surface area contributed by atoms with Gasteiger partial charge in [-0.2, -0.15) is 9.78 Å².